The summed E-state index contributed by atoms with van der Waals surface area (Å²) in [6.07, 6.45) is 0. The van der Waals surface area contributed by atoms with Crippen molar-refractivity contribution in [2.45, 2.75) is 33.4 Å². The molecule has 1 N–H and O–H groups in total. The van der Waals surface area contributed by atoms with Crippen LogP contribution in [-0.4, -0.2) is 20.6 Å². The van der Waals surface area contributed by atoms with Gasteiger partial charge >= 0.3 is 5.69 Å². The van der Waals surface area contributed by atoms with Crippen LogP contribution in [0.2, 0.25) is 0 Å². The first-order valence-electron chi connectivity index (χ1n) is 7.02. The highest BCUT2D eigenvalue weighted by Gasteiger charge is 2.23. The number of nitrogens with zero attached hydrogens (tertiary/aromatic N) is 3. The molecule has 122 valence electrons. The Morgan fingerprint density at radius 1 is 1.39 bits per heavy atom. The van der Waals surface area contributed by atoms with Crippen LogP contribution < -0.4 is 5.32 Å². The average Bonchev–Trinajstić information content (AvgIpc) is 2.73. The highest BCUT2D eigenvalue weighted by molar-refractivity contribution is 9.10. The third-order valence-corrected chi connectivity index (χ3v) is 4.10. The van der Waals surface area contributed by atoms with Crippen molar-refractivity contribution >= 4 is 27.5 Å². The van der Waals surface area contributed by atoms with E-state index in [1.807, 2.05) is 31.2 Å². The van der Waals surface area contributed by atoms with Gasteiger partial charge in [0.25, 0.3) is 0 Å². The van der Waals surface area contributed by atoms with Gasteiger partial charge in [-0.25, -0.2) is 0 Å². The van der Waals surface area contributed by atoms with Crippen molar-refractivity contribution in [2.24, 2.45) is 0 Å². The third kappa shape index (κ3) is 3.95. The van der Waals surface area contributed by atoms with Gasteiger partial charge in [0.1, 0.15) is 17.9 Å². The number of carbonyl (C=O) groups excluding carboxylic acids is 1. The van der Waals surface area contributed by atoms with Gasteiger partial charge < -0.3 is 5.32 Å². The van der Waals surface area contributed by atoms with E-state index < -0.39 is 4.92 Å². The summed E-state index contributed by atoms with van der Waals surface area (Å²) >= 11 is 3.36. The van der Waals surface area contributed by atoms with Gasteiger partial charge in [-0.2, -0.15) is 5.10 Å². The molecular weight excluding hydrogens is 364 g/mol. The molecule has 0 aliphatic carbocycles. The standard InChI is InChI=1S/C15H17BrN4O3/c1-9(12-4-6-13(16)7-5-12)17-14(21)8-19-11(3)15(20(22)23)10(2)18-19/h4-7,9H,8H2,1-3H3,(H,17,21)/t9-/m1/s1. The van der Waals surface area contributed by atoms with Crippen LogP contribution in [0.1, 0.15) is 29.9 Å². The monoisotopic (exact) mass is 380 g/mol. The molecule has 0 aliphatic heterocycles. The van der Waals surface area contributed by atoms with E-state index in [0.29, 0.717) is 11.4 Å². The summed E-state index contributed by atoms with van der Waals surface area (Å²) in [6, 6.07) is 7.49. The van der Waals surface area contributed by atoms with E-state index in [4.69, 9.17) is 0 Å². The first kappa shape index (κ1) is 17.1. The van der Waals surface area contributed by atoms with Gasteiger partial charge in [0.05, 0.1) is 11.0 Å². The first-order chi connectivity index (χ1) is 10.8. The van der Waals surface area contributed by atoms with Gasteiger partial charge in [-0.05, 0) is 38.5 Å². The zero-order chi connectivity index (χ0) is 17.1. The summed E-state index contributed by atoms with van der Waals surface area (Å²) in [4.78, 5) is 22.7. The summed E-state index contributed by atoms with van der Waals surface area (Å²) in [6.45, 7) is 4.97. The number of aryl methyl sites for hydroxylation is 1. The maximum absolute atomic E-state index is 12.2. The minimum atomic E-state index is -0.476. The summed E-state index contributed by atoms with van der Waals surface area (Å²) in [5.74, 6) is -0.249. The summed E-state index contributed by atoms with van der Waals surface area (Å²) < 4.78 is 2.33. The quantitative estimate of drug-likeness (QED) is 0.637. The fourth-order valence-electron chi connectivity index (χ4n) is 2.36. The molecule has 2 rings (SSSR count). The summed E-state index contributed by atoms with van der Waals surface area (Å²) in [7, 11) is 0. The Labute approximate surface area is 142 Å². The van der Waals surface area contributed by atoms with E-state index >= 15 is 0 Å². The van der Waals surface area contributed by atoms with Crippen LogP contribution in [0.5, 0.6) is 0 Å². The second-order valence-electron chi connectivity index (χ2n) is 5.27. The number of benzene rings is 1. The molecule has 1 aromatic heterocycles. The largest absolute Gasteiger partial charge is 0.348 e. The predicted molar refractivity (Wildman–Crippen MR) is 89.1 cm³/mol. The molecule has 0 saturated carbocycles. The molecule has 1 aromatic carbocycles. The molecule has 23 heavy (non-hydrogen) atoms. The first-order valence-corrected chi connectivity index (χ1v) is 7.82. The Morgan fingerprint density at radius 3 is 2.52 bits per heavy atom. The minimum Gasteiger partial charge on any atom is -0.348 e. The molecule has 1 amide bonds. The fraction of sp³-hybridized carbons (Fsp3) is 0.333. The van der Waals surface area contributed by atoms with Crippen LogP contribution in [0, 0.1) is 24.0 Å². The highest BCUT2D eigenvalue weighted by Crippen LogP contribution is 2.22. The molecular formula is C15H17BrN4O3. The normalized spacial score (nSPS) is 12.0. The molecule has 1 atom stereocenters. The molecule has 0 fully saturated rings. The van der Waals surface area contributed by atoms with Crippen LogP contribution in [-0.2, 0) is 11.3 Å². The molecule has 0 bridgehead atoms. The molecule has 2 aromatic rings. The lowest BCUT2D eigenvalue weighted by Crippen LogP contribution is -2.30. The van der Waals surface area contributed by atoms with Crippen molar-refractivity contribution in [2.75, 3.05) is 0 Å². The number of hydrogen-bond donors (Lipinski definition) is 1. The molecule has 0 spiro atoms. The van der Waals surface area contributed by atoms with Crippen molar-refractivity contribution in [3.8, 4) is 0 Å². The van der Waals surface area contributed by atoms with Crippen LogP contribution in [0.25, 0.3) is 0 Å². The number of hydrogen-bond acceptors (Lipinski definition) is 4. The predicted octanol–water partition coefficient (Wildman–Crippen LogP) is 3.05. The number of halogens is 1. The highest BCUT2D eigenvalue weighted by atomic mass is 79.9. The Balaban J connectivity index is 2.06. The Bertz CT molecular complexity index is 740. The van der Waals surface area contributed by atoms with E-state index in [-0.39, 0.29) is 24.2 Å². The summed E-state index contributed by atoms with van der Waals surface area (Å²) in [5, 5.41) is 17.9. The SMILES string of the molecule is Cc1nn(CC(=O)N[C@H](C)c2ccc(Br)cc2)c(C)c1[N+](=O)[O-]. The second kappa shape index (κ2) is 6.91. The van der Waals surface area contributed by atoms with Gasteiger partial charge in [-0.1, -0.05) is 28.1 Å². The summed E-state index contributed by atoms with van der Waals surface area (Å²) in [5.41, 5.74) is 1.61. The number of amides is 1. The van der Waals surface area contributed by atoms with Crippen LogP contribution >= 0.6 is 15.9 Å². The maximum atomic E-state index is 12.2. The number of aromatic nitrogens is 2. The zero-order valence-electron chi connectivity index (χ0n) is 13.0. The number of rotatable bonds is 5. The van der Waals surface area contributed by atoms with Crippen molar-refractivity contribution in [1.82, 2.24) is 15.1 Å². The lowest BCUT2D eigenvalue weighted by atomic mass is 10.1. The number of carbonyl (C=O) groups is 1. The molecule has 1 heterocycles. The van der Waals surface area contributed by atoms with Crippen LogP contribution in [0.15, 0.2) is 28.7 Å². The van der Waals surface area contributed by atoms with E-state index in [9.17, 15) is 14.9 Å². The van der Waals surface area contributed by atoms with E-state index in [2.05, 4.69) is 26.3 Å². The van der Waals surface area contributed by atoms with Crippen LogP contribution in [0.4, 0.5) is 5.69 Å². The molecule has 0 radical (unpaired) electrons. The van der Waals surface area contributed by atoms with Gasteiger partial charge in [0.2, 0.25) is 5.91 Å². The van der Waals surface area contributed by atoms with Crippen molar-refractivity contribution in [1.29, 1.82) is 0 Å². The van der Waals surface area contributed by atoms with Crippen LogP contribution in [0.3, 0.4) is 0 Å². The van der Waals surface area contributed by atoms with E-state index in [0.717, 1.165) is 10.0 Å². The smallest absolute Gasteiger partial charge is 0.312 e. The minimum absolute atomic E-state index is 0.0428. The third-order valence-electron chi connectivity index (χ3n) is 3.57. The Kier molecular flexibility index (Phi) is 5.15. The maximum Gasteiger partial charge on any atom is 0.312 e. The topological polar surface area (TPSA) is 90.1 Å². The molecule has 0 unspecified atom stereocenters. The molecule has 0 aliphatic rings. The van der Waals surface area contributed by atoms with Gasteiger partial charge in [0, 0.05) is 4.47 Å². The zero-order valence-corrected chi connectivity index (χ0v) is 14.6. The van der Waals surface area contributed by atoms with Crippen molar-refractivity contribution in [3.05, 3.63) is 55.8 Å². The number of nitrogens with one attached hydrogen (secondary N) is 1. The lowest BCUT2D eigenvalue weighted by molar-refractivity contribution is -0.386. The fourth-order valence-corrected chi connectivity index (χ4v) is 2.63. The van der Waals surface area contributed by atoms with E-state index in [1.54, 1.807) is 13.8 Å². The lowest BCUT2D eigenvalue weighted by Gasteiger charge is -2.14. The van der Waals surface area contributed by atoms with Gasteiger partial charge in [0.15, 0.2) is 0 Å². The molecule has 7 nitrogen and oxygen atoms in total. The molecule has 0 saturated heterocycles. The van der Waals surface area contributed by atoms with Gasteiger partial charge in [-0.3, -0.25) is 19.6 Å². The molecule has 8 heteroatoms. The van der Waals surface area contributed by atoms with E-state index in [1.165, 1.54) is 4.68 Å². The Morgan fingerprint density at radius 2 is 2.00 bits per heavy atom. The average molecular weight is 381 g/mol. The Hall–Kier alpha value is -2.22. The second-order valence-corrected chi connectivity index (χ2v) is 6.19. The number of nitro groups is 1. The van der Waals surface area contributed by atoms with Crippen molar-refractivity contribution < 1.29 is 9.72 Å². The van der Waals surface area contributed by atoms with Gasteiger partial charge in [-0.15, -0.1) is 0 Å². The van der Waals surface area contributed by atoms with Crippen molar-refractivity contribution in [3.63, 3.8) is 0 Å².